The van der Waals surface area contributed by atoms with Gasteiger partial charge in [0.25, 0.3) is 5.91 Å². The molecular formula is C21H19NO4. The topological polar surface area (TPSA) is 64.6 Å². The number of hydrogen-bond acceptors (Lipinski definition) is 4. The zero-order valence-corrected chi connectivity index (χ0v) is 14.3. The molecular weight excluding hydrogens is 330 g/mol. The van der Waals surface area contributed by atoms with Crippen LogP contribution in [0, 0.1) is 0 Å². The van der Waals surface area contributed by atoms with Crippen LogP contribution >= 0.6 is 0 Å². The second kappa shape index (κ2) is 8.27. The highest BCUT2D eigenvalue weighted by atomic mass is 16.7. The van der Waals surface area contributed by atoms with Gasteiger partial charge in [-0.15, -0.1) is 0 Å². The second-order valence-corrected chi connectivity index (χ2v) is 5.77. The third-order valence-corrected chi connectivity index (χ3v) is 4.08. The van der Waals surface area contributed by atoms with E-state index in [9.17, 15) is 9.59 Å². The zero-order chi connectivity index (χ0) is 18.4. The highest BCUT2D eigenvalue weighted by Gasteiger charge is 2.23. The number of carbonyl (C=O) groups is 2. The predicted molar refractivity (Wildman–Crippen MR) is 98.4 cm³/mol. The Morgan fingerprint density at radius 2 is 1.62 bits per heavy atom. The molecule has 0 aromatic heterocycles. The van der Waals surface area contributed by atoms with Crippen LogP contribution in [-0.2, 0) is 20.8 Å². The van der Waals surface area contributed by atoms with Crippen LogP contribution < -0.4 is 5.48 Å². The first-order valence-corrected chi connectivity index (χ1v) is 8.24. The Balaban J connectivity index is 1.76. The van der Waals surface area contributed by atoms with Crippen LogP contribution in [0.15, 0.2) is 72.8 Å². The lowest BCUT2D eigenvalue weighted by atomic mass is 10.00. The number of fused-ring (bicyclic) bond motifs is 1. The van der Waals surface area contributed by atoms with Crippen molar-refractivity contribution in [1.82, 2.24) is 5.48 Å². The number of ether oxygens (including phenoxy) is 1. The van der Waals surface area contributed by atoms with Gasteiger partial charge in [-0.2, -0.15) is 0 Å². The maximum atomic E-state index is 12.1. The van der Waals surface area contributed by atoms with Crippen molar-refractivity contribution in [2.75, 3.05) is 7.11 Å². The summed E-state index contributed by atoms with van der Waals surface area (Å²) in [6.45, 7) is 0. The van der Waals surface area contributed by atoms with Gasteiger partial charge < -0.3 is 4.74 Å². The molecule has 3 aromatic rings. The third-order valence-electron chi connectivity index (χ3n) is 4.08. The molecule has 132 valence electrons. The molecule has 26 heavy (non-hydrogen) atoms. The smallest absolute Gasteiger partial charge is 0.338 e. The van der Waals surface area contributed by atoms with Gasteiger partial charge in [-0.25, -0.2) is 10.3 Å². The minimum absolute atomic E-state index is 0.281. The van der Waals surface area contributed by atoms with Gasteiger partial charge in [0.15, 0.2) is 6.10 Å². The van der Waals surface area contributed by atoms with E-state index in [4.69, 9.17) is 9.57 Å². The summed E-state index contributed by atoms with van der Waals surface area (Å²) in [7, 11) is 1.29. The molecule has 0 fully saturated rings. The number of benzene rings is 3. The average Bonchev–Trinajstić information content (AvgIpc) is 2.71. The van der Waals surface area contributed by atoms with E-state index in [0.717, 1.165) is 16.3 Å². The third kappa shape index (κ3) is 4.07. The average molecular weight is 349 g/mol. The monoisotopic (exact) mass is 349 g/mol. The van der Waals surface area contributed by atoms with Crippen molar-refractivity contribution in [1.29, 1.82) is 0 Å². The lowest BCUT2D eigenvalue weighted by Gasteiger charge is -2.17. The summed E-state index contributed by atoms with van der Waals surface area (Å²) in [6, 6.07) is 22.4. The first kappa shape index (κ1) is 17.6. The van der Waals surface area contributed by atoms with E-state index in [1.165, 1.54) is 7.11 Å². The maximum Gasteiger partial charge on any atom is 0.338 e. The fourth-order valence-electron chi connectivity index (χ4n) is 2.75. The summed E-state index contributed by atoms with van der Waals surface area (Å²) in [5, 5.41) is 2.10. The SMILES string of the molecule is COC(=O)C(Cc1cccc2ccccc12)ONC(=O)c1ccccc1. The number of amides is 1. The number of esters is 1. The Hall–Kier alpha value is -3.18. The van der Waals surface area contributed by atoms with Crippen molar-refractivity contribution in [3.05, 3.63) is 83.9 Å². The van der Waals surface area contributed by atoms with Gasteiger partial charge in [-0.05, 0) is 28.5 Å². The molecule has 5 nitrogen and oxygen atoms in total. The largest absolute Gasteiger partial charge is 0.467 e. The molecule has 0 aliphatic carbocycles. The van der Waals surface area contributed by atoms with Gasteiger partial charge in [0, 0.05) is 12.0 Å². The van der Waals surface area contributed by atoms with Crippen LogP contribution in [0.25, 0.3) is 10.8 Å². The summed E-state index contributed by atoms with van der Waals surface area (Å²) in [5.74, 6) is -0.969. The van der Waals surface area contributed by atoms with Gasteiger partial charge in [-0.1, -0.05) is 60.7 Å². The summed E-state index contributed by atoms with van der Waals surface area (Å²) in [6.07, 6.45) is -0.665. The molecule has 0 aliphatic rings. The fourth-order valence-corrected chi connectivity index (χ4v) is 2.75. The molecule has 0 bridgehead atoms. The lowest BCUT2D eigenvalue weighted by molar-refractivity contribution is -0.157. The van der Waals surface area contributed by atoms with Gasteiger partial charge in [0.2, 0.25) is 0 Å². The Kier molecular flexibility index (Phi) is 5.61. The number of hydroxylamine groups is 1. The van der Waals surface area contributed by atoms with Crippen LogP contribution in [0.4, 0.5) is 0 Å². The van der Waals surface area contributed by atoms with Gasteiger partial charge in [0.05, 0.1) is 7.11 Å². The Labute approximate surface area is 151 Å². The summed E-state index contributed by atoms with van der Waals surface area (Å²) < 4.78 is 4.82. The van der Waals surface area contributed by atoms with E-state index in [1.807, 2.05) is 48.5 Å². The van der Waals surface area contributed by atoms with Crippen LogP contribution in [0.3, 0.4) is 0 Å². The number of nitrogens with one attached hydrogen (secondary N) is 1. The fraction of sp³-hybridized carbons (Fsp3) is 0.143. The summed E-state index contributed by atoms with van der Waals surface area (Å²) >= 11 is 0. The number of hydrogen-bond donors (Lipinski definition) is 1. The molecule has 0 aliphatic heterocycles. The number of carbonyl (C=O) groups excluding carboxylic acids is 2. The van der Waals surface area contributed by atoms with Crippen LogP contribution in [0.5, 0.6) is 0 Å². The molecule has 1 N–H and O–H groups in total. The quantitative estimate of drug-likeness (QED) is 0.548. The molecule has 1 amide bonds. The van der Waals surface area contributed by atoms with Crippen molar-refractivity contribution in [3.63, 3.8) is 0 Å². The van der Waals surface area contributed by atoms with Gasteiger partial charge in [0.1, 0.15) is 0 Å². The molecule has 0 heterocycles. The van der Waals surface area contributed by atoms with E-state index >= 15 is 0 Å². The first-order chi connectivity index (χ1) is 12.7. The number of rotatable bonds is 6. The van der Waals surface area contributed by atoms with E-state index in [2.05, 4.69) is 5.48 Å². The molecule has 1 atom stereocenters. The van der Waals surface area contributed by atoms with Gasteiger partial charge in [-0.3, -0.25) is 9.63 Å². The first-order valence-electron chi connectivity index (χ1n) is 8.24. The Morgan fingerprint density at radius 1 is 0.923 bits per heavy atom. The summed E-state index contributed by atoms with van der Waals surface area (Å²) in [4.78, 5) is 29.6. The molecule has 0 spiro atoms. The van der Waals surface area contributed by atoms with E-state index in [0.29, 0.717) is 5.56 Å². The predicted octanol–water partition coefficient (Wildman–Crippen LogP) is 3.29. The van der Waals surface area contributed by atoms with Crippen LogP contribution in [-0.4, -0.2) is 25.1 Å². The van der Waals surface area contributed by atoms with Crippen molar-refractivity contribution in [2.45, 2.75) is 12.5 Å². The van der Waals surface area contributed by atoms with Crippen molar-refractivity contribution < 1.29 is 19.2 Å². The maximum absolute atomic E-state index is 12.1. The normalized spacial score (nSPS) is 11.7. The van der Waals surface area contributed by atoms with Crippen LogP contribution in [0.1, 0.15) is 15.9 Å². The zero-order valence-electron chi connectivity index (χ0n) is 14.3. The van der Waals surface area contributed by atoms with E-state index < -0.39 is 18.0 Å². The molecule has 5 heteroatoms. The Bertz CT molecular complexity index is 903. The minimum Gasteiger partial charge on any atom is -0.467 e. The highest BCUT2D eigenvalue weighted by molar-refractivity contribution is 5.93. The van der Waals surface area contributed by atoms with Crippen molar-refractivity contribution >= 4 is 22.6 Å². The van der Waals surface area contributed by atoms with E-state index in [1.54, 1.807) is 24.3 Å². The summed E-state index contributed by atoms with van der Waals surface area (Å²) in [5.41, 5.74) is 3.73. The van der Waals surface area contributed by atoms with Gasteiger partial charge >= 0.3 is 5.97 Å². The van der Waals surface area contributed by atoms with Crippen molar-refractivity contribution in [2.24, 2.45) is 0 Å². The lowest BCUT2D eigenvalue weighted by Crippen LogP contribution is -2.36. The minimum atomic E-state index is -0.946. The van der Waals surface area contributed by atoms with E-state index in [-0.39, 0.29) is 6.42 Å². The number of methoxy groups -OCH3 is 1. The molecule has 0 saturated heterocycles. The molecule has 3 rings (SSSR count). The highest BCUT2D eigenvalue weighted by Crippen LogP contribution is 2.20. The van der Waals surface area contributed by atoms with Crippen LogP contribution in [0.2, 0.25) is 0 Å². The van der Waals surface area contributed by atoms with Crippen molar-refractivity contribution in [3.8, 4) is 0 Å². The standard InChI is InChI=1S/C21H19NO4/c1-25-21(24)19(26-22-20(23)16-9-3-2-4-10-16)14-17-12-7-11-15-8-5-6-13-18(15)17/h2-13,19H,14H2,1H3,(H,22,23). The molecule has 3 aromatic carbocycles. The molecule has 0 saturated carbocycles. The molecule has 0 radical (unpaired) electrons. The molecule has 1 unspecified atom stereocenters. The Morgan fingerprint density at radius 3 is 2.38 bits per heavy atom. The second-order valence-electron chi connectivity index (χ2n) is 5.77.